The first-order valence-corrected chi connectivity index (χ1v) is 9.66. The molecule has 1 saturated heterocycles. The Balaban J connectivity index is 1.85. The standard InChI is InChI=1S/C19H30NOS/c1-20(2,3)14-18-15-22-19(21-18,16-10-6-4-7-11-16)17-12-8-5-9-13-17/h4,6-7,10-11,17-18H,5,8-9,12-15H2,1-3H3/q+1/t18-,19-/m1/s1. The molecule has 1 aromatic rings. The van der Waals surface area contributed by atoms with E-state index < -0.39 is 0 Å². The first-order chi connectivity index (χ1) is 10.5. The van der Waals surface area contributed by atoms with Crippen LogP contribution in [0, 0.1) is 5.92 Å². The van der Waals surface area contributed by atoms with Crippen LogP contribution < -0.4 is 0 Å². The van der Waals surface area contributed by atoms with Gasteiger partial charge in [0, 0.05) is 11.7 Å². The van der Waals surface area contributed by atoms with Crippen molar-refractivity contribution in [2.45, 2.75) is 43.1 Å². The minimum atomic E-state index is -0.0957. The molecule has 2 nitrogen and oxygen atoms in total. The molecular weight excluding hydrogens is 290 g/mol. The summed E-state index contributed by atoms with van der Waals surface area (Å²) in [5.41, 5.74) is 1.39. The molecular formula is C19H30NOS+. The van der Waals surface area contributed by atoms with Crippen LogP contribution in [0.25, 0.3) is 0 Å². The maximum absolute atomic E-state index is 6.80. The summed E-state index contributed by atoms with van der Waals surface area (Å²) in [4.78, 5) is -0.0957. The predicted molar refractivity (Wildman–Crippen MR) is 94.9 cm³/mol. The molecule has 1 heterocycles. The van der Waals surface area contributed by atoms with E-state index in [9.17, 15) is 0 Å². The van der Waals surface area contributed by atoms with Crippen molar-refractivity contribution in [1.82, 2.24) is 0 Å². The molecule has 1 aliphatic heterocycles. The van der Waals surface area contributed by atoms with E-state index in [0.29, 0.717) is 12.0 Å². The number of quaternary nitrogens is 1. The molecule has 0 spiro atoms. The van der Waals surface area contributed by atoms with E-state index in [1.165, 1.54) is 37.7 Å². The Morgan fingerprint density at radius 1 is 1.09 bits per heavy atom. The lowest BCUT2D eigenvalue weighted by atomic mass is 9.82. The summed E-state index contributed by atoms with van der Waals surface area (Å²) in [6, 6.07) is 11.0. The van der Waals surface area contributed by atoms with Crippen LogP contribution >= 0.6 is 11.8 Å². The molecule has 2 aliphatic rings. The number of ether oxygens (including phenoxy) is 1. The van der Waals surface area contributed by atoms with E-state index in [0.717, 1.165) is 16.8 Å². The molecule has 1 aromatic carbocycles. The van der Waals surface area contributed by atoms with Crippen molar-refractivity contribution < 1.29 is 9.22 Å². The Hall–Kier alpha value is -0.510. The highest BCUT2D eigenvalue weighted by atomic mass is 32.2. The third kappa shape index (κ3) is 3.52. The van der Waals surface area contributed by atoms with Gasteiger partial charge in [0.1, 0.15) is 17.6 Å². The van der Waals surface area contributed by atoms with E-state index >= 15 is 0 Å². The van der Waals surface area contributed by atoms with Gasteiger partial charge in [-0.25, -0.2) is 0 Å². The summed E-state index contributed by atoms with van der Waals surface area (Å²) in [5, 5.41) is 0. The molecule has 3 heteroatoms. The van der Waals surface area contributed by atoms with Gasteiger partial charge in [-0.3, -0.25) is 0 Å². The van der Waals surface area contributed by atoms with Crippen molar-refractivity contribution in [3.63, 3.8) is 0 Å². The predicted octanol–water partition coefficient (Wildman–Crippen LogP) is 4.26. The fourth-order valence-corrected chi connectivity index (χ4v) is 5.57. The van der Waals surface area contributed by atoms with E-state index in [1.807, 2.05) is 0 Å². The van der Waals surface area contributed by atoms with Crippen molar-refractivity contribution in [3.05, 3.63) is 35.9 Å². The molecule has 0 N–H and O–H groups in total. The Labute approximate surface area is 139 Å². The summed E-state index contributed by atoms with van der Waals surface area (Å²) in [5.74, 6) is 1.80. The first kappa shape index (κ1) is 16.4. The lowest BCUT2D eigenvalue weighted by Gasteiger charge is -2.39. The molecule has 0 amide bonds. The molecule has 0 radical (unpaired) electrons. The highest BCUT2D eigenvalue weighted by Gasteiger charge is 2.49. The zero-order valence-electron chi connectivity index (χ0n) is 14.3. The van der Waals surface area contributed by atoms with E-state index in [-0.39, 0.29) is 4.93 Å². The van der Waals surface area contributed by atoms with Crippen LogP contribution in [0.1, 0.15) is 37.7 Å². The Bertz CT molecular complexity index is 478. The normalized spacial score (nSPS) is 30.6. The molecule has 1 saturated carbocycles. The van der Waals surface area contributed by atoms with Gasteiger partial charge in [0.15, 0.2) is 0 Å². The smallest absolute Gasteiger partial charge is 0.142 e. The zero-order chi connectivity index (χ0) is 15.6. The maximum Gasteiger partial charge on any atom is 0.142 e. The maximum atomic E-state index is 6.80. The van der Waals surface area contributed by atoms with Crippen LogP contribution in [0.15, 0.2) is 30.3 Å². The molecule has 0 aromatic heterocycles. The van der Waals surface area contributed by atoms with Gasteiger partial charge in [0.05, 0.1) is 21.1 Å². The minimum Gasteiger partial charge on any atom is -0.350 e. The number of likely N-dealkylation sites (N-methyl/N-ethyl adjacent to an activating group) is 1. The van der Waals surface area contributed by atoms with Crippen molar-refractivity contribution >= 4 is 11.8 Å². The van der Waals surface area contributed by atoms with Crippen LogP contribution in [0.4, 0.5) is 0 Å². The van der Waals surface area contributed by atoms with Gasteiger partial charge in [-0.05, 0) is 18.4 Å². The van der Waals surface area contributed by atoms with Crippen molar-refractivity contribution in [3.8, 4) is 0 Å². The topological polar surface area (TPSA) is 9.23 Å². The second kappa shape index (κ2) is 6.54. The quantitative estimate of drug-likeness (QED) is 0.767. The molecule has 22 heavy (non-hydrogen) atoms. The largest absolute Gasteiger partial charge is 0.350 e. The molecule has 1 aliphatic carbocycles. The van der Waals surface area contributed by atoms with E-state index in [4.69, 9.17) is 4.74 Å². The monoisotopic (exact) mass is 320 g/mol. The SMILES string of the molecule is C[N+](C)(C)C[C@@H]1CS[C@](c2ccccc2)(C2CCCCC2)O1. The Kier molecular flexibility index (Phi) is 4.86. The third-order valence-electron chi connectivity index (χ3n) is 4.90. The Morgan fingerprint density at radius 3 is 2.41 bits per heavy atom. The summed E-state index contributed by atoms with van der Waals surface area (Å²) < 4.78 is 7.77. The highest BCUT2D eigenvalue weighted by molar-refractivity contribution is 8.00. The van der Waals surface area contributed by atoms with Crippen molar-refractivity contribution in [2.75, 3.05) is 33.4 Å². The van der Waals surface area contributed by atoms with Crippen LogP contribution in [0.2, 0.25) is 0 Å². The van der Waals surface area contributed by atoms with Gasteiger partial charge in [-0.15, -0.1) is 11.8 Å². The van der Waals surface area contributed by atoms with Gasteiger partial charge >= 0.3 is 0 Å². The molecule has 2 atom stereocenters. The van der Waals surface area contributed by atoms with Crippen LogP contribution in [0.5, 0.6) is 0 Å². The van der Waals surface area contributed by atoms with Crippen LogP contribution in [-0.2, 0) is 9.67 Å². The second-order valence-corrected chi connectivity index (χ2v) is 9.12. The van der Waals surface area contributed by atoms with E-state index in [2.05, 4.69) is 63.2 Å². The molecule has 2 fully saturated rings. The molecule has 122 valence electrons. The number of rotatable bonds is 4. The number of hydrogen-bond acceptors (Lipinski definition) is 2. The summed E-state index contributed by atoms with van der Waals surface area (Å²) in [6.45, 7) is 1.09. The second-order valence-electron chi connectivity index (χ2n) is 7.89. The number of thioether (sulfide) groups is 1. The molecule has 3 rings (SSSR count). The van der Waals surface area contributed by atoms with Crippen LogP contribution in [0.3, 0.4) is 0 Å². The lowest BCUT2D eigenvalue weighted by molar-refractivity contribution is -0.873. The number of benzene rings is 1. The fraction of sp³-hybridized carbons (Fsp3) is 0.684. The highest BCUT2D eigenvalue weighted by Crippen LogP contribution is 2.54. The van der Waals surface area contributed by atoms with Gasteiger partial charge in [0.25, 0.3) is 0 Å². The Morgan fingerprint density at radius 2 is 1.77 bits per heavy atom. The minimum absolute atomic E-state index is 0.0957. The van der Waals surface area contributed by atoms with Gasteiger partial charge < -0.3 is 9.22 Å². The van der Waals surface area contributed by atoms with Crippen molar-refractivity contribution in [1.29, 1.82) is 0 Å². The average molecular weight is 321 g/mol. The molecule has 0 unspecified atom stereocenters. The lowest BCUT2D eigenvalue weighted by Crippen LogP contribution is -2.44. The number of hydrogen-bond donors (Lipinski definition) is 0. The van der Waals surface area contributed by atoms with Gasteiger partial charge in [0.2, 0.25) is 0 Å². The average Bonchev–Trinajstić information content (AvgIpc) is 2.92. The summed E-state index contributed by atoms with van der Waals surface area (Å²) >= 11 is 2.07. The van der Waals surface area contributed by atoms with Gasteiger partial charge in [-0.2, -0.15) is 0 Å². The summed E-state index contributed by atoms with van der Waals surface area (Å²) in [7, 11) is 6.78. The number of nitrogens with zero attached hydrogens (tertiary/aromatic N) is 1. The summed E-state index contributed by atoms with van der Waals surface area (Å²) in [6.07, 6.45) is 7.13. The fourth-order valence-electron chi connectivity index (χ4n) is 3.99. The molecule has 0 bridgehead atoms. The van der Waals surface area contributed by atoms with Crippen LogP contribution in [-0.4, -0.2) is 44.0 Å². The van der Waals surface area contributed by atoms with Crippen molar-refractivity contribution in [2.24, 2.45) is 5.92 Å². The first-order valence-electron chi connectivity index (χ1n) is 8.67. The van der Waals surface area contributed by atoms with Gasteiger partial charge in [-0.1, -0.05) is 49.6 Å². The third-order valence-corrected chi connectivity index (χ3v) is 6.53. The van der Waals surface area contributed by atoms with E-state index in [1.54, 1.807) is 0 Å². The zero-order valence-corrected chi connectivity index (χ0v) is 15.1.